The van der Waals surface area contributed by atoms with Crippen molar-refractivity contribution >= 4 is 16.7 Å². The summed E-state index contributed by atoms with van der Waals surface area (Å²) in [5, 5.41) is 2.10. The van der Waals surface area contributed by atoms with Crippen molar-refractivity contribution in [1.82, 2.24) is 4.90 Å². The number of hydrogen-bond acceptors (Lipinski definition) is 5. The monoisotopic (exact) mass is 567 g/mol. The molecule has 0 atom stereocenters. The average molecular weight is 568 g/mol. The molecule has 5 heteroatoms. The third-order valence-corrected chi connectivity index (χ3v) is 7.54. The van der Waals surface area contributed by atoms with E-state index in [1.165, 1.54) is 11.1 Å². The lowest BCUT2D eigenvalue weighted by atomic mass is 9.90. The van der Waals surface area contributed by atoms with Crippen molar-refractivity contribution in [1.29, 1.82) is 0 Å². The molecule has 5 aromatic rings. The van der Waals surface area contributed by atoms with E-state index < -0.39 is 0 Å². The fourth-order valence-corrected chi connectivity index (χ4v) is 5.29. The molecule has 1 aliphatic heterocycles. The Morgan fingerprint density at radius 1 is 0.791 bits per heavy atom. The van der Waals surface area contributed by atoms with Gasteiger partial charge in [0.25, 0.3) is 0 Å². The van der Waals surface area contributed by atoms with Crippen molar-refractivity contribution in [3.63, 3.8) is 0 Å². The van der Waals surface area contributed by atoms with Crippen molar-refractivity contribution in [2.24, 2.45) is 0 Å². The van der Waals surface area contributed by atoms with E-state index in [1.54, 1.807) is 19.2 Å². The highest BCUT2D eigenvalue weighted by atomic mass is 16.5. The van der Waals surface area contributed by atoms with Crippen LogP contribution < -0.4 is 14.2 Å². The fourth-order valence-electron chi connectivity index (χ4n) is 5.29. The van der Waals surface area contributed by atoms with Crippen LogP contribution in [0.15, 0.2) is 134 Å². The summed E-state index contributed by atoms with van der Waals surface area (Å²) in [7, 11) is 1.68. The van der Waals surface area contributed by atoms with Crippen LogP contribution in [-0.2, 0) is 6.42 Å². The number of nitrogens with zero attached hydrogens (tertiary/aromatic N) is 1. The van der Waals surface area contributed by atoms with E-state index in [4.69, 9.17) is 14.2 Å². The van der Waals surface area contributed by atoms with Gasteiger partial charge in [-0.1, -0.05) is 72.8 Å². The largest absolute Gasteiger partial charge is 0.497 e. The van der Waals surface area contributed by atoms with E-state index in [2.05, 4.69) is 59.7 Å². The van der Waals surface area contributed by atoms with Crippen LogP contribution in [0.4, 0.5) is 0 Å². The van der Waals surface area contributed by atoms with Crippen molar-refractivity contribution in [2.45, 2.75) is 6.42 Å². The first-order valence-electron chi connectivity index (χ1n) is 14.4. The molecule has 1 heterocycles. The Labute approximate surface area is 252 Å². The zero-order valence-electron chi connectivity index (χ0n) is 24.1. The molecule has 0 saturated heterocycles. The molecule has 0 radical (unpaired) electrons. The number of fused-ring (bicyclic) bond motifs is 1. The molecule has 214 valence electrons. The van der Waals surface area contributed by atoms with Gasteiger partial charge in [-0.3, -0.25) is 0 Å². The molecule has 6 rings (SSSR count). The van der Waals surface area contributed by atoms with Gasteiger partial charge in [-0.05, 0) is 100 Å². The number of carbonyl (C=O) groups excluding carboxylic acids is 1. The Hall–Kier alpha value is -5.29. The molecule has 1 aliphatic rings. The Kier molecular flexibility index (Phi) is 8.51. The van der Waals surface area contributed by atoms with Crippen LogP contribution in [0.1, 0.15) is 21.5 Å². The van der Waals surface area contributed by atoms with Gasteiger partial charge in [-0.25, -0.2) is 4.79 Å². The molecule has 43 heavy (non-hydrogen) atoms. The van der Waals surface area contributed by atoms with Crippen LogP contribution in [0.5, 0.6) is 17.2 Å². The zero-order chi connectivity index (χ0) is 29.4. The normalized spacial score (nSPS) is 12.3. The van der Waals surface area contributed by atoms with Gasteiger partial charge in [0.2, 0.25) is 0 Å². The second kappa shape index (κ2) is 13.1. The number of rotatable bonds is 10. The lowest BCUT2D eigenvalue weighted by Gasteiger charge is -2.20. The van der Waals surface area contributed by atoms with E-state index in [1.807, 2.05) is 66.7 Å². The molecule has 0 fully saturated rings. The highest BCUT2D eigenvalue weighted by Gasteiger charge is 2.14. The summed E-state index contributed by atoms with van der Waals surface area (Å²) in [6.45, 7) is 2.37. The standard InChI is InChI=1S/C38H33NO4/c1-41-33-12-8-11-30(26-33)35-19-15-31-27-34(43-38(40)29-9-4-2-5-10-29)18-20-36(31)37(35)25-28-13-16-32(17-14-28)42-24-23-39-21-6-3-7-22-39/h2-21,26-27H,22-25H2,1H3. The molecule has 5 nitrogen and oxygen atoms in total. The summed E-state index contributed by atoms with van der Waals surface area (Å²) in [4.78, 5) is 14.9. The molecule has 0 unspecified atom stereocenters. The van der Waals surface area contributed by atoms with Gasteiger partial charge in [0, 0.05) is 6.54 Å². The number of carbonyl (C=O) groups is 1. The first-order valence-corrected chi connectivity index (χ1v) is 14.4. The molecular weight excluding hydrogens is 534 g/mol. The first kappa shape index (κ1) is 27.9. The third-order valence-electron chi connectivity index (χ3n) is 7.54. The van der Waals surface area contributed by atoms with Crippen LogP contribution in [-0.4, -0.2) is 37.7 Å². The maximum atomic E-state index is 12.7. The van der Waals surface area contributed by atoms with Crippen LogP contribution in [0.3, 0.4) is 0 Å². The molecule has 5 aromatic carbocycles. The minimum absolute atomic E-state index is 0.375. The number of ether oxygens (including phenoxy) is 3. The van der Waals surface area contributed by atoms with Crippen molar-refractivity contribution in [3.05, 3.63) is 150 Å². The summed E-state index contributed by atoms with van der Waals surface area (Å²) < 4.78 is 17.3. The van der Waals surface area contributed by atoms with Crippen LogP contribution in [0.25, 0.3) is 21.9 Å². The van der Waals surface area contributed by atoms with Crippen molar-refractivity contribution < 1.29 is 19.0 Å². The van der Waals surface area contributed by atoms with E-state index in [0.717, 1.165) is 52.9 Å². The summed E-state index contributed by atoms with van der Waals surface area (Å²) in [5.41, 5.74) is 5.09. The highest BCUT2D eigenvalue weighted by Crippen LogP contribution is 2.35. The van der Waals surface area contributed by atoms with E-state index >= 15 is 0 Å². The number of methoxy groups -OCH3 is 1. The minimum atomic E-state index is -0.375. The van der Waals surface area contributed by atoms with Crippen molar-refractivity contribution in [3.8, 4) is 28.4 Å². The summed E-state index contributed by atoms with van der Waals surface area (Å²) in [6, 6.07) is 35.6. The summed E-state index contributed by atoms with van der Waals surface area (Å²) >= 11 is 0. The number of esters is 1. The Balaban J connectivity index is 1.27. The minimum Gasteiger partial charge on any atom is -0.497 e. The molecule has 0 bridgehead atoms. The Bertz CT molecular complexity index is 1770. The van der Waals surface area contributed by atoms with E-state index in [9.17, 15) is 4.79 Å². The van der Waals surface area contributed by atoms with Gasteiger partial charge < -0.3 is 19.1 Å². The molecule has 0 aliphatic carbocycles. The maximum Gasteiger partial charge on any atom is 0.343 e. The number of hydrogen-bond donors (Lipinski definition) is 0. The van der Waals surface area contributed by atoms with Gasteiger partial charge in [-0.2, -0.15) is 0 Å². The Morgan fingerprint density at radius 2 is 1.63 bits per heavy atom. The van der Waals surface area contributed by atoms with E-state index in [0.29, 0.717) is 17.9 Å². The third kappa shape index (κ3) is 6.79. The predicted molar refractivity (Wildman–Crippen MR) is 172 cm³/mol. The molecule has 0 aromatic heterocycles. The predicted octanol–water partition coefficient (Wildman–Crippen LogP) is 8.09. The molecule has 0 N–H and O–H groups in total. The molecule has 0 saturated carbocycles. The van der Waals surface area contributed by atoms with Gasteiger partial charge in [0.1, 0.15) is 23.9 Å². The zero-order valence-corrected chi connectivity index (χ0v) is 24.1. The van der Waals surface area contributed by atoms with Crippen molar-refractivity contribution in [2.75, 3.05) is 26.8 Å². The van der Waals surface area contributed by atoms with Crippen LogP contribution >= 0.6 is 0 Å². The summed E-state index contributed by atoms with van der Waals surface area (Å²) in [6.07, 6.45) is 9.06. The lowest BCUT2D eigenvalue weighted by molar-refractivity contribution is 0.0735. The molecular formula is C38H33NO4. The fraction of sp³-hybridized carbons (Fsp3) is 0.132. The van der Waals surface area contributed by atoms with Crippen LogP contribution in [0, 0.1) is 0 Å². The topological polar surface area (TPSA) is 48.0 Å². The second-order valence-corrected chi connectivity index (χ2v) is 10.4. The number of benzene rings is 5. The first-order chi connectivity index (χ1) is 21.2. The lowest BCUT2D eigenvalue weighted by Crippen LogP contribution is -2.24. The van der Waals surface area contributed by atoms with Gasteiger partial charge >= 0.3 is 5.97 Å². The maximum absolute atomic E-state index is 12.7. The number of allylic oxidation sites excluding steroid dienone is 2. The van der Waals surface area contributed by atoms with E-state index in [-0.39, 0.29) is 5.97 Å². The molecule has 0 spiro atoms. The van der Waals surface area contributed by atoms with Gasteiger partial charge in [-0.15, -0.1) is 0 Å². The average Bonchev–Trinajstić information content (AvgIpc) is 3.06. The van der Waals surface area contributed by atoms with Gasteiger partial charge in [0.15, 0.2) is 0 Å². The SMILES string of the molecule is COc1cccc(-c2ccc3cc(OC(=O)c4ccccc4)ccc3c2Cc2ccc(OCCN3C=CC=CC3)cc2)c1. The van der Waals surface area contributed by atoms with Crippen LogP contribution in [0.2, 0.25) is 0 Å². The quantitative estimate of drug-likeness (QED) is 0.126. The Morgan fingerprint density at radius 3 is 2.42 bits per heavy atom. The molecule has 0 amide bonds. The van der Waals surface area contributed by atoms with Gasteiger partial charge in [0.05, 0.1) is 19.2 Å². The second-order valence-electron chi connectivity index (χ2n) is 10.4. The summed E-state index contributed by atoms with van der Waals surface area (Å²) in [5.74, 6) is 1.80. The smallest absolute Gasteiger partial charge is 0.343 e. The highest BCUT2D eigenvalue weighted by molar-refractivity contribution is 5.95.